The summed E-state index contributed by atoms with van der Waals surface area (Å²) in [5.41, 5.74) is 8.86. The molecule has 0 saturated heterocycles. The number of nitrogens with two attached hydrogens (primary N) is 1. The Morgan fingerprint density at radius 3 is 2.53 bits per heavy atom. The summed E-state index contributed by atoms with van der Waals surface area (Å²) >= 11 is 0. The lowest BCUT2D eigenvalue weighted by atomic mass is 9.76. The highest BCUT2D eigenvalue weighted by Gasteiger charge is 2.35. The second-order valence-electron chi connectivity index (χ2n) is 5.40. The maximum atomic E-state index is 9.60. The fourth-order valence-corrected chi connectivity index (χ4v) is 3.17. The van der Waals surface area contributed by atoms with Crippen LogP contribution in [-0.2, 0) is 11.8 Å². The van der Waals surface area contributed by atoms with E-state index in [2.05, 4.69) is 24.3 Å². The van der Waals surface area contributed by atoms with E-state index in [1.807, 2.05) is 6.92 Å². The van der Waals surface area contributed by atoms with Gasteiger partial charge in [0.25, 0.3) is 0 Å². The van der Waals surface area contributed by atoms with Crippen molar-refractivity contribution in [2.75, 3.05) is 6.54 Å². The number of benzene rings is 1. The van der Waals surface area contributed by atoms with E-state index >= 15 is 0 Å². The van der Waals surface area contributed by atoms with Crippen LogP contribution in [0.2, 0.25) is 0 Å². The standard InChI is InChI=1S/C15H23NO/c1-12(17)10-13-6-2-3-7-14(13)15(11-16)8-4-5-9-15/h2-3,6-7,12,17H,4-5,8-11,16H2,1H3. The predicted molar refractivity (Wildman–Crippen MR) is 71.0 cm³/mol. The van der Waals surface area contributed by atoms with Gasteiger partial charge in [-0.1, -0.05) is 37.1 Å². The Morgan fingerprint density at radius 2 is 1.94 bits per heavy atom. The van der Waals surface area contributed by atoms with Gasteiger partial charge in [0.2, 0.25) is 0 Å². The van der Waals surface area contributed by atoms with Crippen molar-refractivity contribution < 1.29 is 5.11 Å². The van der Waals surface area contributed by atoms with Gasteiger partial charge in [-0.15, -0.1) is 0 Å². The molecule has 2 rings (SSSR count). The van der Waals surface area contributed by atoms with E-state index in [0.717, 1.165) is 13.0 Å². The summed E-state index contributed by atoms with van der Waals surface area (Å²) in [7, 11) is 0. The average molecular weight is 233 g/mol. The van der Waals surface area contributed by atoms with Gasteiger partial charge in [-0.05, 0) is 37.3 Å². The van der Waals surface area contributed by atoms with Gasteiger partial charge in [-0.3, -0.25) is 0 Å². The molecule has 0 bridgehead atoms. The van der Waals surface area contributed by atoms with Crippen LogP contribution in [0.4, 0.5) is 0 Å². The van der Waals surface area contributed by atoms with Crippen molar-refractivity contribution in [3.63, 3.8) is 0 Å². The van der Waals surface area contributed by atoms with Crippen molar-refractivity contribution in [3.8, 4) is 0 Å². The molecule has 0 aliphatic heterocycles. The Kier molecular flexibility index (Phi) is 3.85. The van der Waals surface area contributed by atoms with Crippen LogP contribution < -0.4 is 5.73 Å². The van der Waals surface area contributed by atoms with E-state index in [9.17, 15) is 5.11 Å². The van der Waals surface area contributed by atoms with Crippen LogP contribution in [0, 0.1) is 0 Å². The van der Waals surface area contributed by atoms with Gasteiger partial charge in [0.15, 0.2) is 0 Å². The molecule has 0 radical (unpaired) electrons. The molecule has 1 saturated carbocycles. The average Bonchev–Trinajstić information content (AvgIpc) is 2.79. The second kappa shape index (κ2) is 5.19. The van der Waals surface area contributed by atoms with Gasteiger partial charge in [-0.2, -0.15) is 0 Å². The minimum absolute atomic E-state index is 0.172. The molecule has 1 aromatic rings. The maximum Gasteiger partial charge on any atom is 0.0552 e. The van der Waals surface area contributed by atoms with Crippen molar-refractivity contribution in [1.29, 1.82) is 0 Å². The number of hydrogen-bond donors (Lipinski definition) is 2. The zero-order chi connectivity index (χ0) is 12.3. The minimum atomic E-state index is -0.285. The zero-order valence-electron chi connectivity index (χ0n) is 10.7. The molecule has 1 aliphatic rings. The molecule has 0 heterocycles. The first kappa shape index (κ1) is 12.6. The second-order valence-corrected chi connectivity index (χ2v) is 5.40. The van der Waals surface area contributed by atoms with Crippen LogP contribution in [0.25, 0.3) is 0 Å². The summed E-state index contributed by atoms with van der Waals surface area (Å²) in [6, 6.07) is 8.49. The largest absolute Gasteiger partial charge is 0.393 e. The molecule has 1 fully saturated rings. The summed E-state index contributed by atoms with van der Waals surface area (Å²) in [6.07, 6.45) is 5.39. The number of aliphatic hydroxyl groups is 1. The molecule has 2 nitrogen and oxygen atoms in total. The van der Waals surface area contributed by atoms with E-state index in [1.165, 1.54) is 36.8 Å². The molecule has 0 aromatic heterocycles. The molecule has 1 aliphatic carbocycles. The fourth-order valence-electron chi connectivity index (χ4n) is 3.17. The van der Waals surface area contributed by atoms with Crippen molar-refractivity contribution in [1.82, 2.24) is 0 Å². The molecule has 1 aromatic carbocycles. The van der Waals surface area contributed by atoms with E-state index in [-0.39, 0.29) is 11.5 Å². The predicted octanol–water partition coefficient (Wildman–Crippen LogP) is 2.38. The van der Waals surface area contributed by atoms with Gasteiger partial charge in [-0.25, -0.2) is 0 Å². The van der Waals surface area contributed by atoms with E-state index in [4.69, 9.17) is 5.73 Å². The molecule has 0 amide bonds. The van der Waals surface area contributed by atoms with E-state index in [1.54, 1.807) is 0 Å². The highest BCUT2D eigenvalue weighted by Crippen LogP contribution is 2.41. The van der Waals surface area contributed by atoms with Crippen LogP contribution >= 0.6 is 0 Å². The third kappa shape index (κ3) is 2.53. The molecule has 3 N–H and O–H groups in total. The monoisotopic (exact) mass is 233 g/mol. The molecular formula is C15H23NO. The van der Waals surface area contributed by atoms with Crippen LogP contribution in [-0.4, -0.2) is 17.8 Å². The first-order valence-corrected chi connectivity index (χ1v) is 6.64. The third-order valence-electron chi connectivity index (χ3n) is 4.06. The Morgan fingerprint density at radius 1 is 1.29 bits per heavy atom. The summed E-state index contributed by atoms with van der Waals surface area (Å²) in [5.74, 6) is 0. The maximum absolute atomic E-state index is 9.60. The first-order chi connectivity index (χ1) is 8.18. The topological polar surface area (TPSA) is 46.2 Å². The lowest BCUT2D eigenvalue weighted by Crippen LogP contribution is -2.33. The third-order valence-corrected chi connectivity index (χ3v) is 4.06. The number of aliphatic hydroxyl groups excluding tert-OH is 1. The van der Waals surface area contributed by atoms with Crippen molar-refractivity contribution >= 4 is 0 Å². The van der Waals surface area contributed by atoms with Crippen molar-refractivity contribution in [2.24, 2.45) is 5.73 Å². The van der Waals surface area contributed by atoms with Gasteiger partial charge in [0.1, 0.15) is 0 Å². The zero-order valence-corrected chi connectivity index (χ0v) is 10.7. The SMILES string of the molecule is CC(O)Cc1ccccc1C1(CN)CCCC1. The molecule has 17 heavy (non-hydrogen) atoms. The minimum Gasteiger partial charge on any atom is -0.393 e. The Bertz CT molecular complexity index is 367. The lowest BCUT2D eigenvalue weighted by Gasteiger charge is -2.30. The van der Waals surface area contributed by atoms with Crippen molar-refractivity contribution in [3.05, 3.63) is 35.4 Å². The summed E-state index contributed by atoms with van der Waals surface area (Å²) in [6.45, 7) is 2.57. The van der Waals surface area contributed by atoms with Crippen LogP contribution in [0.5, 0.6) is 0 Å². The summed E-state index contributed by atoms with van der Waals surface area (Å²) in [5, 5.41) is 9.60. The molecule has 2 heteroatoms. The smallest absolute Gasteiger partial charge is 0.0552 e. The summed E-state index contributed by atoms with van der Waals surface area (Å²) in [4.78, 5) is 0. The van der Waals surface area contributed by atoms with E-state index in [0.29, 0.717) is 0 Å². The Labute approximate surface area is 104 Å². The van der Waals surface area contributed by atoms with Crippen LogP contribution in [0.15, 0.2) is 24.3 Å². The molecular weight excluding hydrogens is 210 g/mol. The highest BCUT2D eigenvalue weighted by atomic mass is 16.3. The van der Waals surface area contributed by atoms with Crippen LogP contribution in [0.1, 0.15) is 43.7 Å². The molecule has 1 atom stereocenters. The Balaban J connectivity index is 2.36. The van der Waals surface area contributed by atoms with Crippen molar-refractivity contribution in [2.45, 2.75) is 50.5 Å². The Hall–Kier alpha value is -0.860. The molecule has 94 valence electrons. The van der Waals surface area contributed by atoms with Gasteiger partial charge in [0.05, 0.1) is 6.10 Å². The fraction of sp³-hybridized carbons (Fsp3) is 0.600. The molecule has 0 spiro atoms. The molecule has 1 unspecified atom stereocenters. The number of hydrogen-bond acceptors (Lipinski definition) is 2. The highest BCUT2D eigenvalue weighted by molar-refractivity contribution is 5.36. The van der Waals surface area contributed by atoms with Gasteiger partial charge >= 0.3 is 0 Å². The normalized spacial score (nSPS) is 20.4. The van der Waals surface area contributed by atoms with Gasteiger partial charge < -0.3 is 10.8 Å². The number of rotatable bonds is 4. The quantitative estimate of drug-likeness (QED) is 0.838. The summed E-state index contributed by atoms with van der Waals surface area (Å²) < 4.78 is 0. The van der Waals surface area contributed by atoms with E-state index < -0.39 is 0 Å². The first-order valence-electron chi connectivity index (χ1n) is 6.64. The van der Waals surface area contributed by atoms with Gasteiger partial charge in [0, 0.05) is 12.0 Å². The lowest BCUT2D eigenvalue weighted by molar-refractivity contribution is 0.194. The van der Waals surface area contributed by atoms with Crippen LogP contribution in [0.3, 0.4) is 0 Å².